The van der Waals surface area contributed by atoms with Crippen LogP contribution < -0.4 is 4.90 Å². The highest BCUT2D eigenvalue weighted by molar-refractivity contribution is 6.31. The first-order chi connectivity index (χ1) is 10.7. The van der Waals surface area contributed by atoms with E-state index in [0.717, 1.165) is 29.9 Å². The lowest BCUT2D eigenvalue weighted by Gasteiger charge is -2.27. The Morgan fingerprint density at radius 2 is 1.95 bits per heavy atom. The molecule has 0 radical (unpaired) electrons. The summed E-state index contributed by atoms with van der Waals surface area (Å²) < 4.78 is 2.11. The number of para-hydroxylation sites is 2. The molecule has 0 atom stereocenters. The Bertz CT molecular complexity index is 871. The molecule has 0 saturated heterocycles. The van der Waals surface area contributed by atoms with Gasteiger partial charge in [0.2, 0.25) is 5.95 Å². The molecule has 0 saturated carbocycles. The van der Waals surface area contributed by atoms with Gasteiger partial charge >= 0.3 is 0 Å². The molecule has 1 aliphatic rings. The number of nitrogens with zero attached hydrogens (tertiary/aromatic N) is 3. The van der Waals surface area contributed by atoms with Crippen molar-refractivity contribution in [1.29, 1.82) is 0 Å². The van der Waals surface area contributed by atoms with Crippen LogP contribution in [0.5, 0.6) is 0 Å². The first kappa shape index (κ1) is 13.3. The van der Waals surface area contributed by atoms with Gasteiger partial charge in [0.25, 0.3) is 5.91 Å². The van der Waals surface area contributed by atoms with Gasteiger partial charge in [-0.2, -0.15) is 0 Å². The highest BCUT2D eigenvalue weighted by atomic mass is 35.5. The van der Waals surface area contributed by atoms with Crippen molar-refractivity contribution in [1.82, 2.24) is 9.55 Å². The molecule has 0 spiro atoms. The Morgan fingerprint density at radius 1 is 1.09 bits per heavy atom. The summed E-state index contributed by atoms with van der Waals surface area (Å²) in [6.45, 7) is 1.56. The zero-order chi connectivity index (χ0) is 15.1. The predicted molar refractivity (Wildman–Crippen MR) is 87.5 cm³/mol. The van der Waals surface area contributed by atoms with Crippen LogP contribution >= 0.6 is 11.6 Å². The van der Waals surface area contributed by atoms with Crippen LogP contribution in [0.3, 0.4) is 0 Å². The number of hydrogen-bond donors (Lipinski definition) is 0. The topological polar surface area (TPSA) is 38.1 Å². The lowest BCUT2D eigenvalue weighted by atomic mass is 10.2. The maximum atomic E-state index is 12.8. The first-order valence-corrected chi connectivity index (χ1v) is 7.64. The van der Waals surface area contributed by atoms with Crippen LogP contribution in [0.25, 0.3) is 11.0 Å². The summed E-state index contributed by atoms with van der Waals surface area (Å²) in [5.74, 6) is 0.663. The molecule has 5 heteroatoms. The number of anilines is 1. The average Bonchev–Trinajstić information content (AvgIpc) is 2.93. The Kier molecular flexibility index (Phi) is 3.12. The maximum absolute atomic E-state index is 12.8. The van der Waals surface area contributed by atoms with Crippen LogP contribution in [0, 0.1) is 0 Å². The number of benzene rings is 2. The molecule has 4 rings (SSSR count). The lowest BCUT2D eigenvalue weighted by molar-refractivity contribution is 0.0981. The summed E-state index contributed by atoms with van der Waals surface area (Å²) in [5, 5.41) is 0.566. The second kappa shape index (κ2) is 5.14. The number of aromatic nitrogens is 2. The van der Waals surface area contributed by atoms with E-state index in [4.69, 9.17) is 11.6 Å². The van der Waals surface area contributed by atoms with E-state index >= 15 is 0 Å². The largest absolute Gasteiger partial charge is 0.310 e. The van der Waals surface area contributed by atoms with Gasteiger partial charge in [0.15, 0.2) is 0 Å². The number of fused-ring (bicyclic) bond motifs is 3. The highest BCUT2D eigenvalue weighted by Crippen LogP contribution is 2.28. The van der Waals surface area contributed by atoms with Crippen LogP contribution in [0.15, 0.2) is 48.5 Å². The van der Waals surface area contributed by atoms with Crippen LogP contribution in [0.4, 0.5) is 5.95 Å². The van der Waals surface area contributed by atoms with Crippen molar-refractivity contribution >= 4 is 34.5 Å². The summed E-state index contributed by atoms with van der Waals surface area (Å²) in [6.07, 6.45) is 0.916. The minimum absolute atomic E-state index is 0.0567. The third kappa shape index (κ3) is 2.07. The van der Waals surface area contributed by atoms with Crippen molar-refractivity contribution in [3.8, 4) is 0 Å². The Hall–Kier alpha value is -2.33. The smallest absolute Gasteiger partial charge is 0.260 e. The van der Waals surface area contributed by atoms with E-state index in [9.17, 15) is 4.79 Å². The number of carbonyl (C=O) groups is 1. The van der Waals surface area contributed by atoms with E-state index in [0.29, 0.717) is 17.1 Å². The summed E-state index contributed by atoms with van der Waals surface area (Å²) in [4.78, 5) is 19.2. The van der Waals surface area contributed by atoms with Crippen molar-refractivity contribution < 1.29 is 4.79 Å². The molecular weight excluding hydrogens is 298 g/mol. The van der Waals surface area contributed by atoms with Crippen LogP contribution in [-0.4, -0.2) is 22.0 Å². The van der Waals surface area contributed by atoms with Crippen LogP contribution in [0.1, 0.15) is 16.8 Å². The second-order valence-electron chi connectivity index (χ2n) is 5.37. The third-order valence-electron chi connectivity index (χ3n) is 3.96. The normalized spacial score (nSPS) is 14.1. The second-order valence-corrected chi connectivity index (χ2v) is 5.81. The zero-order valence-corrected chi connectivity index (χ0v) is 12.6. The standard InChI is InChI=1S/C17H14ClN3O/c18-13-6-3-5-12(11-13)16(22)21-10-4-9-20-15-8-2-1-7-14(15)19-17(20)21/h1-3,5-8,11H,4,9-10H2. The Morgan fingerprint density at radius 3 is 2.82 bits per heavy atom. The summed E-state index contributed by atoms with van der Waals surface area (Å²) in [7, 11) is 0. The van der Waals surface area contributed by atoms with E-state index < -0.39 is 0 Å². The van der Waals surface area contributed by atoms with E-state index in [-0.39, 0.29) is 5.91 Å². The van der Waals surface area contributed by atoms with Gasteiger partial charge in [-0.3, -0.25) is 9.69 Å². The molecular formula is C17H14ClN3O. The van der Waals surface area contributed by atoms with Crippen LogP contribution in [-0.2, 0) is 6.54 Å². The van der Waals surface area contributed by atoms with Crippen molar-refractivity contribution in [2.24, 2.45) is 0 Å². The fourth-order valence-corrected chi connectivity index (χ4v) is 3.14. The van der Waals surface area contributed by atoms with E-state index in [1.54, 1.807) is 29.2 Å². The highest BCUT2D eigenvalue weighted by Gasteiger charge is 2.26. The molecule has 2 heterocycles. The number of amides is 1. The molecule has 2 aromatic carbocycles. The van der Waals surface area contributed by atoms with Gasteiger partial charge in [-0.1, -0.05) is 29.8 Å². The Labute approximate surface area is 132 Å². The predicted octanol–water partition coefficient (Wildman–Crippen LogP) is 3.74. The molecule has 3 aromatic rings. The third-order valence-corrected chi connectivity index (χ3v) is 4.19. The minimum atomic E-state index is -0.0567. The van der Waals surface area contributed by atoms with Crippen molar-refractivity contribution in [3.63, 3.8) is 0 Å². The number of rotatable bonds is 1. The molecule has 4 nitrogen and oxygen atoms in total. The van der Waals surface area contributed by atoms with Gasteiger partial charge in [0.05, 0.1) is 11.0 Å². The molecule has 22 heavy (non-hydrogen) atoms. The zero-order valence-electron chi connectivity index (χ0n) is 11.9. The molecule has 0 fully saturated rings. The van der Waals surface area contributed by atoms with Gasteiger partial charge in [-0.15, -0.1) is 0 Å². The van der Waals surface area contributed by atoms with Gasteiger partial charge in [0, 0.05) is 23.7 Å². The first-order valence-electron chi connectivity index (χ1n) is 7.27. The SMILES string of the molecule is O=C(c1cccc(Cl)c1)N1CCCn2c1nc1ccccc12. The van der Waals surface area contributed by atoms with Gasteiger partial charge in [-0.25, -0.2) is 4.98 Å². The average molecular weight is 312 g/mol. The van der Waals surface area contributed by atoms with E-state index in [1.165, 1.54) is 0 Å². The van der Waals surface area contributed by atoms with E-state index in [1.807, 2.05) is 24.3 Å². The fraction of sp³-hybridized carbons (Fsp3) is 0.176. The molecule has 0 unspecified atom stereocenters. The number of aryl methyl sites for hydroxylation is 1. The van der Waals surface area contributed by atoms with Crippen molar-refractivity contribution in [2.45, 2.75) is 13.0 Å². The number of hydrogen-bond acceptors (Lipinski definition) is 2. The monoisotopic (exact) mass is 311 g/mol. The summed E-state index contributed by atoms with van der Waals surface area (Å²) >= 11 is 6.00. The summed E-state index contributed by atoms with van der Waals surface area (Å²) in [5.41, 5.74) is 2.58. The fourth-order valence-electron chi connectivity index (χ4n) is 2.95. The van der Waals surface area contributed by atoms with Crippen molar-refractivity contribution in [3.05, 3.63) is 59.1 Å². The van der Waals surface area contributed by atoms with E-state index in [2.05, 4.69) is 9.55 Å². The molecule has 1 amide bonds. The quantitative estimate of drug-likeness (QED) is 0.686. The number of halogens is 1. The lowest BCUT2D eigenvalue weighted by Crippen LogP contribution is -2.37. The van der Waals surface area contributed by atoms with Gasteiger partial charge in [0.1, 0.15) is 0 Å². The van der Waals surface area contributed by atoms with Gasteiger partial charge in [-0.05, 0) is 36.8 Å². The van der Waals surface area contributed by atoms with Crippen molar-refractivity contribution in [2.75, 3.05) is 11.4 Å². The molecule has 1 aromatic heterocycles. The minimum Gasteiger partial charge on any atom is -0.310 e. The molecule has 0 N–H and O–H groups in total. The maximum Gasteiger partial charge on any atom is 0.260 e. The molecule has 110 valence electrons. The van der Waals surface area contributed by atoms with Crippen LogP contribution in [0.2, 0.25) is 5.02 Å². The molecule has 0 aliphatic carbocycles. The number of imidazole rings is 1. The number of carbonyl (C=O) groups excluding carboxylic acids is 1. The van der Waals surface area contributed by atoms with Gasteiger partial charge < -0.3 is 4.57 Å². The molecule has 1 aliphatic heterocycles. The summed E-state index contributed by atoms with van der Waals surface area (Å²) in [6, 6.07) is 15.0. The Balaban J connectivity index is 1.80. The molecule has 0 bridgehead atoms.